The van der Waals surface area contributed by atoms with Crippen molar-refractivity contribution in [2.45, 2.75) is 61.8 Å². The largest absolute Gasteiger partial charge is 0.504 e. The SMILES string of the molecule is O=C[C@H]1Cc2ccc(O)c3c2[C@@]2(CCc4c([nH]c5ccccc45)[C@@H]2O3)CCN1CC1(F)CC1. The highest BCUT2D eigenvalue weighted by Crippen LogP contribution is 2.62. The number of benzene rings is 2. The van der Waals surface area contributed by atoms with E-state index in [-0.39, 0.29) is 23.3 Å². The van der Waals surface area contributed by atoms with Gasteiger partial charge in [-0.25, -0.2) is 4.39 Å². The van der Waals surface area contributed by atoms with Gasteiger partial charge < -0.3 is 19.6 Å². The topological polar surface area (TPSA) is 65.6 Å². The Morgan fingerprint density at radius 3 is 2.85 bits per heavy atom. The lowest BCUT2D eigenvalue weighted by molar-refractivity contribution is -0.113. The summed E-state index contributed by atoms with van der Waals surface area (Å²) in [4.78, 5) is 17.8. The summed E-state index contributed by atoms with van der Waals surface area (Å²) in [6, 6.07) is 11.6. The molecule has 0 amide bonds. The molecule has 0 saturated heterocycles. The normalized spacial score (nSPS) is 29.4. The van der Waals surface area contributed by atoms with Gasteiger partial charge in [-0.1, -0.05) is 24.3 Å². The molecule has 6 heteroatoms. The average molecular weight is 447 g/mol. The third-order valence-corrected chi connectivity index (χ3v) is 8.57. The van der Waals surface area contributed by atoms with Crippen molar-refractivity contribution in [3.63, 3.8) is 0 Å². The number of carbonyl (C=O) groups excluding carboxylic acids is 1. The maximum absolute atomic E-state index is 14.8. The maximum Gasteiger partial charge on any atom is 0.166 e. The van der Waals surface area contributed by atoms with Crippen molar-refractivity contribution in [1.29, 1.82) is 0 Å². The average Bonchev–Trinajstić information content (AvgIpc) is 3.27. The van der Waals surface area contributed by atoms with E-state index in [0.29, 0.717) is 38.1 Å². The molecule has 4 aliphatic rings. The van der Waals surface area contributed by atoms with Crippen LogP contribution in [0.3, 0.4) is 0 Å². The molecule has 0 unspecified atom stereocenters. The van der Waals surface area contributed by atoms with Gasteiger partial charge in [0.2, 0.25) is 0 Å². The monoisotopic (exact) mass is 446 g/mol. The molecule has 2 aliphatic heterocycles. The van der Waals surface area contributed by atoms with Crippen LogP contribution >= 0.6 is 0 Å². The molecule has 3 atom stereocenters. The zero-order valence-electron chi connectivity index (χ0n) is 18.4. The van der Waals surface area contributed by atoms with Gasteiger partial charge in [0.15, 0.2) is 11.5 Å². The van der Waals surface area contributed by atoms with Crippen molar-refractivity contribution in [2.75, 3.05) is 13.1 Å². The number of carbonyl (C=O) groups is 1. The van der Waals surface area contributed by atoms with Crippen LogP contribution in [0.25, 0.3) is 10.9 Å². The molecule has 3 heterocycles. The fourth-order valence-electron chi connectivity index (χ4n) is 6.70. The first kappa shape index (κ1) is 19.6. The van der Waals surface area contributed by atoms with E-state index in [1.807, 2.05) is 12.1 Å². The van der Waals surface area contributed by atoms with Crippen LogP contribution in [-0.4, -0.2) is 46.1 Å². The fraction of sp³-hybridized carbons (Fsp3) is 0.444. The van der Waals surface area contributed by atoms with E-state index < -0.39 is 5.67 Å². The van der Waals surface area contributed by atoms with Crippen LogP contribution < -0.4 is 4.74 Å². The number of ether oxygens (including phenoxy) is 1. The second-order valence-corrected chi connectivity index (χ2v) is 10.4. The van der Waals surface area contributed by atoms with E-state index in [4.69, 9.17) is 4.74 Å². The number of nitrogens with one attached hydrogen (secondary N) is 1. The Bertz CT molecular complexity index is 1300. The van der Waals surface area contributed by atoms with Gasteiger partial charge in [0.25, 0.3) is 0 Å². The van der Waals surface area contributed by atoms with Gasteiger partial charge in [0.05, 0.1) is 11.7 Å². The van der Waals surface area contributed by atoms with E-state index in [1.165, 1.54) is 10.9 Å². The van der Waals surface area contributed by atoms with Crippen molar-refractivity contribution >= 4 is 17.2 Å². The van der Waals surface area contributed by atoms with Gasteiger partial charge >= 0.3 is 0 Å². The number of phenols is 1. The predicted octanol–water partition coefficient (Wildman–Crippen LogP) is 4.51. The van der Waals surface area contributed by atoms with E-state index in [0.717, 1.165) is 47.9 Å². The van der Waals surface area contributed by atoms with Crippen LogP contribution in [0.1, 0.15) is 54.2 Å². The lowest BCUT2D eigenvalue weighted by atomic mass is 9.64. The number of hydrogen-bond donors (Lipinski definition) is 2. The number of aldehydes is 1. The number of H-pyrrole nitrogens is 1. The summed E-state index contributed by atoms with van der Waals surface area (Å²) in [5, 5.41) is 12.0. The van der Waals surface area contributed by atoms with Crippen LogP contribution in [0.15, 0.2) is 36.4 Å². The summed E-state index contributed by atoms with van der Waals surface area (Å²) in [6.45, 7) is 0.953. The lowest BCUT2D eigenvalue weighted by Crippen LogP contribution is -2.48. The Balaban J connectivity index is 1.39. The number of aryl methyl sites for hydroxylation is 1. The molecule has 1 saturated carbocycles. The number of nitrogens with zero attached hydrogens (tertiary/aromatic N) is 1. The number of alkyl halides is 1. The van der Waals surface area contributed by atoms with Crippen molar-refractivity contribution < 1.29 is 19.0 Å². The highest BCUT2D eigenvalue weighted by molar-refractivity contribution is 5.85. The second-order valence-electron chi connectivity index (χ2n) is 10.4. The number of para-hydroxylation sites is 1. The minimum absolute atomic E-state index is 0.154. The first-order valence-corrected chi connectivity index (χ1v) is 12.0. The predicted molar refractivity (Wildman–Crippen MR) is 123 cm³/mol. The quantitative estimate of drug-likeness (QED) is 0.581. The van der Waals surface area contributed by atoms with Crippen molar-refractivity contribution in [1.82, 2.24) is 9.88 Å². The maximum atomic E-state index is 14.8. The molecule has 2 aliphatic carbocycles. The first-order chi connectivity index (χ1) is 16.0. The van der Waals surface area contributed by atoms with Crippen LogP contribution in [0.4, 0.5) is 4.39 Å². The van der Waals surface area contributed by atoms with Gasteiger partial charge in [0, 0.05) is 28.4 Å². The summed E-state index contributed by atoms with van der Waals surface area (Å²) in [7, 11) is 0. The molecular formula is C27H27FN2O3. The molecule has 170 valence electrons. The standard InChI is InChI=1S/C27H27FN2O3/c28-26(9-10-26)15-30-12-11-27-8-7-19-18-3-1-2-4-20(18)29-23(19)25(27)33-24-21(32)6-5-16(22(24)27)13-17(30)14-31/h1-6,14,17,25,29,32H,7-13,15H2/t17-,25+,27-/m1/s1. The molecule has 0 radical (unpaired) electrons. The van der Waals surface area contributed by atoms with Crippen molar-refractivity contribution in [2.24, 2.45) is 0 Å². The van der Waals surface area contributed by atoms with Crippen LogP contribution in [0.2, 0.25) is 0 Å². The summed E-state index contributed by atoms with van der Waals surface area (Å²) in [5.74, 6) is 0.715. The molecular weight excluding hydrogens is 419 g/mol. The number of hydrogen-bond acceptors (Lipinski definition) is 4. The number of fused-ring (bicyclic) bond motifs is 4. The number of halogens is 1. The number of phenolic OH excluding ortho intramolecular Hbond substituents is 1. The summed E-state index contributed by atoms with van der Waals surface area (Å²) in [5.41, 5.74) is 4.12. The van der Waals surface area contributed by atoms with Gasteiger partial charge in [-0.05, 0) is 68.3 Å². The summed E-state index contributed by atoms with van der Waals surface area (Å²) >= 11 is 0. The molecule has 1 fully saturated rings. The minimum atomic E-state index is -1.15. The van der Waals surface area contributed by atoms with Crippen LogP contribution in [-0.2, 0) is 23.1 Å². The Labute approximate surface area is 191 Å². The molecule has 33 heavy (non-hydrogen) atoms. The second kappa shape index (κ2) is 6.60. The van der Waals surface area contributed by atoms with Gasteiger partial charge in [-0.2, -0.15) is 0 Å². The van der Waals surface area contributed by atoms with Gasteiger partial charge in [-0.15, -0.1) is 0 Å². The van der Waals surface area contributed by atoms with Gasteiger partial charge in [-0.3, -0.25) is 4.90 Å². The Hall–Kier alpha value is -2.86. The van der Waals surface area contributed by atoms with Crippen LogP contribution in [0.5, 0.6) is 11.5 Å². The Morgan fingerprint density at radius 1 is 1.18 bits per heavy atom. The number of aromatic nitrogens is 1. The Morgan fingerprint density at radius 2 is 2.03 bits per heavy atom. The molecule has 5 nitrogen and oxygen atoms in total. The number of aromatic amines is 1. The lowest BCUT2D eigenvalue weighted by Gasteiger charge is -2.43. The van der Waals surface area contributed by atoms with Crippen molar-refractivity contribution in [3.05, 3.63) is 58.8 Å². The van der Waals surface area contributed by atoms with E-state index in [1.54, 1.807) is 6.07 Å². The van der Waals surface area contributed by atoms with Crippen molar-refractivity contribution in [3.8, 4) is 11.5 Å². The summed E-state index contributed by atoms with van der Waals surface area (Å²) < 4.78 is 21.4. The third-order valence-electron chi connectivity index (χ3n) is 8.57. The molecule has 1 spiro atoms. The van der Waals surface area contributed by atoms with E-state index >= 15 is 0 Å². The molecule has 0 bridgehead atoms. The molecule has 2 aromatic carbocycles. The number of rotatable bonds is 3. The highest BCUT2D eigenvalue weighted by atomic mass is 19.1. The molecule has 7 rings (SSSR count). The van der Waals surface area contributed by atoms with E-state index in [9.17, 15) is 14.3 Å². The first-order valence-electron chi connectivity index (χ1n) is 12.0. The van der Waals surface area contributed by atoms with Crippen LogP contribution in [0, 0.1) is 0 Å². The van der Waals surface area contributed by atoms with E-state index in [2.05, 4.69) is 28.1 Å². The van der Waals surface area contributed by atoms with Gasteiger partial charge in [0.1, 0.15) is 18.1 Å². The number of aromatic hydroxyl groups is 1. The summed E-state index contributed by atoms with van der Waals surface area (Å²) in [6.07, 6.45) is 4.99. The Kier molecular flexibility index (Phi) is 3.92. The molecule has 1 aromatic heterocycles. The zero-order chi connectivity index (χ0) is 22.4. The third kappa shape index (κ3) is 2.70. The molecule has 2 N–H and O–H groups in total. The highest BCUT2D eigenvalue weighted by Gasteiger charge is 2.56. The zero-order valence-corrected chi connectivity index (χ0v) is 18.4. The fourth-order valence-corrected chi connectivity index (χ4v) is 6.70. The minimum Gasteiger partial charge on any atom is -0.504 e. The molecule has 3 aromatic rings. The smallest absolute Gasteiger partial charge is 0.166 e.